The first-order chi connectivity index (χ1) is 13.6. The van der Waals surface area contributed by atoms with Crippen LogP contribution >= 0.6 is 11.3 Å². The molecule has 3 aromatic rings. The normalized spacial score (nSPS) is 16.3. The lowest BCUT2D eigenvalue weighted by molar-refractivity contribution is -0.126. The van der Waals surface area contributed by atoms with Crippen LogP contribution in [-0.2, 0) is 11.2 Å². The lowest BCUT2D eigenvalue weighted by Crippen LogP contribution is -2.44. The number of fused-ring (bicyclic) bond motifs is 1. The van der Waals surface area contributed by atoms with E-state index in [0.717, 1.165) is 54.9 Å². The number of nitrogens with zero attached hydrogens (tertiary/aromatic N) is 3. The molecule has 2 aromatic heterocycles. The molecule has 6 heteroatoms. The van der Waals surface area contributed by atoms with Crippen LogP contribution < -0.4 is 10.2 Å². The molecule has 146 valence electrons. The summed E-state index contributed by atoms with van der Waals surface area (Å²) in [6.07, 6.45) is 2.58. The van der Waals surface area contributed by atoms with Crippen molar-refractivity contribution < 1.29 is 4.79 Å². The molecule has 1 aromatic carbocycles. The van der Waals surface area contributed by atoms with Gasteiger partial charge < -0.3 is 10.2 Å². The van der Waals surface area contributed by atoms with Gasteiger partial charge in [-0.25, -0.2) is 9.97 Å². The van der Waals surface area contributed by atoms with Crippen LogP contribution in [0.1, 0.15) is 30.3 Å². The molecular weight excluding hydrogens is 368 g/mol. The molecule has 1 fully saturated rings. The molecule has 1 atom stereocenters. The Morgan fingerprint density at radius 3 is 2.75 bits per heavy atom. The molecule has 1 aliphatic heterocycles. The zero-order chi connectivity index (χ0) is 19.5. The summed E-state index contributed by atoms with van der Waals surface area (Å²) in [5.74, 6) is 1.03. The third-order valence-electron chi connectivity index (χ3n) is 5.41. The summed E-state index contributed by atoms with van der Waals surface area (Å²) < 4.78 is 0. The number of anilines is 1. The fraction of sp³-hybridized carbons (Fsp3) is 0.409. The van der Waals surface area contributed by atoms with E-state index in [4.69, 9.17) is 9.97 Å². The van der Waals surface area contributed by atoms with Crippen molar-refractivity contribution in [2.24, 2.45) is 5.92 Å². The van der Waals surface area contributed by atoms with Crippen LogP contribution in [0.4, 0.5) is 5.95 Å². The average Bonchev–Trinajstić information content (AvgIpc) is 3.21. The van der Waals surface area contributed by atoms with E-state index in [1.165, 1.54) is 4.88 Å². The molecular formula is C22H26N4OS. The van der Waals surface area contributed by atoms with Gasteiger partial charge in [0.25, 0.3) is 0 Å². The molecule has 1 saturated heterocycles. The largest absolute Gasteiger partial charge is 0.353 e. The summed E-state index contributed by atoms with van der Waals surface area (Å²) in [6, 6.07) is 12.5. The lowest BCUT2D eigenvalue weighted by atomic mass is 9.95. The van der Waals surface area contributed by atoms with E-state index in [9.17, 15) is 4.79 Å². The van der Waals surface area contributed by atoms with Crippen molar-refractivity contribution in [2.75, 3.05) is 18.0 Å². The minimum atomic E-state index is 0.0728. The van der Waals surface area contributed by atoms with Gasteiger partial charge in [-0.05, 0) is 44.2 Å². The number of benzene rings is 1. The number of aromatic nitrogens is 2. The summed E-state index contributed by atoms with van der Waals surface area (Å²) in [4.78, 5) is 25.6. The predicted molar refractivity (Wildman–Crippen MR) is 115 cm³/mol. The maximum atomic E-state index is 12.7. The minimum absolute atomic E-state index is 0.0728. The summed E-state index contributed by atoms with van der Waals surface area (Å²) in [5, 5.41) is 6.37. The second-order valence-corrected chi connectivity index (χ2v) is 8.61. The number of amides is 1. The monoisotopic (exact) mass is 394 g/mol. The van der Waals surface area contributed by atoms with Crippen LogP contribution in [0.2, 0.25) is 0 Å². The van der Waals surface area contributed by atoms with Crippen LogP contribution in [0.25, 0.3) is 10.9 Å². The first-order valence-electron chi connectivity index (χ1n) is 9.91. The second-order valence-electron chi connectivity index (χ2n) is 7.58. The van der Waals surface area contributed by atoms with Crippen molar-refractivity contribution in [3.63, 3.8) is 0 Å². The zero-order valence-electron chi connectivity index (χ0n) is 16.4. The van der Waals surface area contributed by atoms with Gasteiger partial charge in [0.2, 0.25) is 11.9 Å². The molecule has 4 rings (SSSR count). The first kappa shape index (κ1) is 18.9. The number of carbonyl (C=O) groups excluding carboxylic acids is 1. The highest BCUT2D eigenvalue weighted by molar-refractivity contribution is 7.09. The SMILES string of the molecule is Cc1nc(N2CCC(C(=O)N[C@@H](C)Cc3cccs3)CC2)nc2ccccc12. The molecule has 0 radical (unpaired) electrons. The van der Waals surface area contributed by atoms with Crippen LogP contribution in [-0.4, -0.2) is 35.0 Å². The average molecular weight is 395 g/mol. The summed E-state index contributed by atoms with van der Waals surface area (Å²) >= 11 is 1.74. The van der Waals surface area contributed by atoms with E-state index in [-0.39, 0.29) is 17.9 Å². The standard InChI is InChI=1S/C22H26N4OS/c1-15(14-18-6-5-13-28-18)23-21(27)17-9-11-26(12-10-17)22-24-16(2)19-7-3-4-8-20(19)25-22/h3-8,13,15,17H,9-12,14H2,1-2H3,(H,23,27)/t15-/m0/s1. The van der Waals surface area contributed by atoms with Gasteiger partial charge in [-0.15, -0.1) is 11.3 Å². The molecule has 0 aliphatic carbocycles. The van der Waals surface area contributed by atoms with Crippen molar-refractivity contribution in [3.05, 3.63) is 52.3 Å². The van der Waals surface area contributed by atoms with Gasteiger partial charge in [0.05, 0.1) is 11.2 Å². The Bertz CT molecular complexity index is 948. The summed E-state index contributed by atoms with van der Waals surface area (Å²) in [5.41, 5.74) is 1.98. The number of nitrogens with one attached hydrogen (secondary N) is 1. The Labute approximate surface area is 169 Å². The van der Waals surface area contributed by atoms with Crippen LogP contribution in [0.3, 0.4) is 0 Å². The molecule has 0 unspecified atom stereocenters. The van der Waals surface area contributed by atoms with E-state index in [1.807, 2.05) is 25.1 Å². The second kappa shape index (κ2) is 8.27. The number of carbonyl (C=O) groups is 1. The van der Waals surface area contributed by atoms with Crippen LogP contribution in [0, 0.1) is 12.8 Å². The van der Waals surface area contributed by atoms with E-state index < -0.39 is 0 Å². The third kappa shape index (κ3) is 4.17. The summed E-state index contributed by atoms with van der Waals surface area (Å²) in [7, 11) is 0. The van der Waals surface area contributed by atoms with Crippen molar-refractivity contribution in [2.45, 2.75) is 39.2 Å². The van der Waals surface area contributed by atoms with E-state index in [1.54, 1.807) is 11.3 Å². The Balaban J connectivity index is 1.34. The maximum absolute atomic E-state index is 12.7. The minimum Gasteiger partial charge on any atom is -0.353 e. The lowest BCUT2D eigenvalue weighted by Gasteiger charge is -2.32. The number of hydrogen-bond donors (Lipinski definition) is 1. The first-order valence-corrected chi connectivity index (χ1v) is 10.8. The predicted octanol–water partition coefficient (Wildman–Crippen LogP) is 3.96. The van der Waals surface area contributed by atoms with Gasteiger partial charge in [0.1, 0.15) is 0 Å². The zero-order valence-corrected chi connectivity index (χ0v) is 17.2. The molecule has 1 amide bonds. The van der Waals surface area contributed by atoms with Gasteiger partial charge in [0.15, 0.2) is 0 Å². The van der Waals surface area contributed by atoms with Gasteiger partial charge in [0, 0.05) is 41.7 Å². The molecule has 28 heavy (non-hydrogen) atoms. The topological polar surface area (TPSA) is 58.1 Å². The molecule has 0 spiro atoms. The Kier molecular flexibility index (Phi) is 5.57. The van der Waals surface area contributed by atoms with E-state index >= 15 is 0 Å². The highest BCUT2D eigenvalue weighted by Crippen LogP contribution is 2.24. The number of piperidine rings is 1. The number of rotatable bonds is 5. The van der Waals surface area contributed by atoms with Crippen molar-refractivity contribution in [1.29, 1.82) is 0 Å². The van der Waals surface area contributed by atoms with Crippen LogP contribution in [0.5, 0.6) is 0 Å². The van der Waals surface area contributed by atoms with Crippen molar-refractivity contribution in [3.8, 4) is 0 Å². The van der Waals surface area contributed by atoms with Gasteiger partial charge in [-0.3, -0.25) is 4.79 Å². The fourth-order valence-electron chi connectivity index (χ4n) is 3.85. The summed E-state index contributed by atoms with van der Waals surface area (Å²) in [6.45, 7) is 5.74. The molecule has 0 saturated carbocycles. The molecule has 1 aliphatic rings. The van der Waals surface area contributed by atoms with Gasteiger partial charge >= 0.3 is 0 Å². The van der Waals surface area contributed by atoms with Crippen molar-refractivity contribution >= 4 is 34.1 Å². The highest BCUT2D eigenvalue weighted by atomic mass is 32.1. The molecule has 3 heterocycles. The van der Waals surface area contributed by atoms with Gasteiger partial charge in [-0.2, -0.15) is 0 Å². The van der Waals surface area contributed by atoms with E-state index in [0.29, 0.717) is 0 Å². The third-order valence-corrected chi connectivity index (χ3v) is 6.31. The number of para-hydroxylation sites is 1. The fourth-order valence-corrected chi connectivity index (χ4v) is 4.68. The highest BCUT2D eigenvalue weighted by Gasteiger charge is 2.27. The number of aryl methyl sites for hydroxylation is 1. The number of hydrogen-bond acceptors (Lipinski definition) is 5. The number of thiophene rings is 1. The molecule has 0 bridgehead atoms. The Hall–Kier alpha value is -2.47. The smallest absolute Gasteiger partial charge is 0.226 e. The Morgan fingerprint density at radius 1 is 1.21 bits per heavy atom. The maximum Gasteiger partial charge on any atom is 0.226 e. The van der Waals surface area contributed by atoms with Crippen molar-refractivity contribution in [1.82, 2.24) is 15.3 Å². The Morgan fingerprint density at radius 2 is 2.00 bits per heavy atom. The molecule has 5 nitrogen and oxygen atoms in total. The van der Waals surface area contributed by atoms with Gasteiger partial charge in [-0.1, -0.05) is 24.3 Å². The quantitative estimate of drug-likeness (QED) is 0.712. The van der Waals surface area contributed by atoms with Crippen LogP contribution in [0.15, 0.2) is 41.8 Å². The molecule has 1 N–H and O–H groups in total. The van der Waals surface area contributed by atoms with E-state index in [2.05, 4.69) is 40.7 Å².